The van der Waals surface area contributed by atoms with Crippen molar-refractivity contribution in [2.45, 2.75) is 32.5 Å². The fourth-order valence-electron chi connectivity index (χ4n) is 0.984. The van der Waals surface area contributed by atoms with Crippen LogP contribution in [0.3, 0.4) is 0 Å². The molecular weight excluding hydrogens is 465 g/mol. The summed E-state index contributed by atoms with van der Waals surface area (Å²) in [6.45, 7) is 0. The summed E-state index contributed by atoms with van der Waals surface area (Å²) >= 11 is 37.6. The second kappa shape index (κ2) is 20.8. The predicted octanol–water partition coefficient (Wildman–Crippen LogP) is 5.05. The molecule has 0 heterocycles. The molecule has 0 aliphatic carbocycles. The molecular formula is C12H28S10. The normalized spacial score (nSPS) is 16.4. The number of hydrogen-bond acceptors (Lipinski definition) is 10. The molecule has 4 atom stereocenters. The molecule has 0 aliphatic heterocycles. The molecule has 10 heteroatoms. The fraction of sp³-hybridized carbons (Fsp3) is 1.00. The molecule has 0 fully saturated rings. The second-order valence-corrected chi connectivity index (χ2v) is 11.8. The molecule has 0 N–H and O–H groups in total. The van der Waals surface area contributed by atoms with Gasteiger partial charge in [0.25, 0.3) is 0 Å². The van der Waals surface area contributed by atoms with Gasteiger partial charge in [-0.2, -0.15) is 113 Å². The zero-order chi connectivity index (χ0) is 17.4. The van der Waals surface area contributed by atoms with E-state index in [1.54, 1.807) is 11.8 Å². The molecule has 0 rings (SSSR count). The van der Waals surface area contributed by atoms with Crippen LogP contribution in [-0.2, 0) is 0 Å². The number of thiol groups is 8. The van der Waals surface area contributed by atoms with Gasteiger partial charge in [-0.3, -0.25) is 0 Å². The Morgan fingerprint density at radius 3 is 1.27 bits per heavy atom. The van der Waals surface area contributed by atoms with Gasteiger partial charge < -0.3 is 0 Å². The van der Waals surface area contributed by atoms with Crippen molar-refractivity contribution < 1.29 is 0 Å². The van der Waals surface area contributed by atoms with E-state index in [9.17, 15) is 0 Å². The van der Waals surface area contributed by atoms with Crippen LogP contribution >= 0.6 is 125 Å². The maximum atomic E-state index is 4.38. The average Bonchev–Trinajstić information content (AvgIpc) is 2.47. The predicted molar refractivity (Wildman–Crippen MR) is 141 cm³/mol. The minimum Gasteiger partial charge on any atom is -0.179 e. The lowest BCUT2D eigenvalue weighted by Gasteiger charge is -2.13. The first-order valence-electron chi connectivity index (χ1n) is 6.80. The topological polar surface area (TPSA) is 0 Å². The fourth-order valence-corrected chi connectivity index (χ4v) is 6.71. The van der Waals surface area contributed by atoms with E-state index in [2.05, 4.69) is 101 Å². The highest BCUT2D eigenvalue weighted by Crippen LogP contribution is 2.28. The van der Waals surface area contributed by atoms with E-state index in [1.807, 2.05) is 11.8 Å². The smallest absolute Gasteiger partial charge is 0.0491 e. The molecule has 0 saturated carbocycles. The molecule has 0 saturated heterocycles. The van der Waals surface area contributed by atoms with E-state index < -0.39 is 0 Å². The van der Waals surface area contributed by atoms with E-state index in [4.69, 9.17) is 0 Å². The Bertz CT molecular complexity index is 198. The maximum Gasteiger partial charge on any atom is 0.0491 e. The summed E-state index contributed by atoms with van der Waals surface area (Å²) in [6, 6.07) is 0. The van der Waals surface area contributed by atoms with Crippen molar-refractivity contribution in [3.05, 3.63) is 0 Å². The molecule has 0 aromatic rings. The molecule has 0 aliphatic rings. The Hall–Kier alpha value is 3.50. The average molecular weight is 493 g/mol. The van der Waals surface area contributed by atoms with E-state index in [-0.39, 0.29) is 0 Å². The van der Waals surface area contributed by atoms with Gasteiger partial charge in [-0.1, -0.05) is 0 Å². The second-order valence-electron chi connectivity index (χ2n) is 4.28. The van der Waals surface area contributed by atoms with Gasteiger partial charge in [0.2, 0.25) is 0 Å². The van der Waals surface area contributed by atoms with Crippen molar-refractivity contribution in [2.75, 3.05) is 34.5 Å². The van der Waals surface area contributed by atoms with Crippen LogP contribution in [0.4, 0.5) is 0 Å². The molecule has 0 bridgehead atoms. The lowest BCUT2D eigenvalue weighted by molar-refractivity contribution is 1.05. The van der Waals surface area contributed by atoms with Crippen LogP contribution in [0.2, 0.25) is 0 Å². The van der Waals surface area contributed by atoms with Gasteiger partial charge in [-0.15, -0.1) is 11.8 Å². The minimum absolute atomic E-state index is 0.370. The summed E-state index contributed by atoms with van der Waals surface area (Å²) in [4.78, 5) is 0. The first-order chi connectivity index (χ1) is 10.4. The van der Waals surface area contributed by atoms with E-state index in [0.717, 1.165) is 47.4 Å². The Morgan fingerprint density at radius 2 is 1.00 bits per heavy atom. The number of thioether (sulfide) groups is 2. The zero-order valence-corrected chi connectivity index (χ0v) is 21.1. The van der Waals surface area contributed by atoms with E-state index >= 15 is 0 Å². The van der Waals surface area contributed by atoms with Crippen molar-refractivity contribution in [3.63, 3.8) is 0 Å². The third-order valence-electron chi connectivity index (χ3n) is 2.11. The molecule has 0 amide bonds. The maximum absolute atomic E-state index is 4.38. The van der Waals surface area contributed by atoms with Gasteiger partial charge in [-0.05, 0) is 24.3 Å². The van der Waals surface area contributed by atoms with Gasteiger partial charge in [0, 0.05) is 42.7 Å². The van der Waals surface area contributed by atoms with Crippen LogP contribution in [0.25, 0.3) is 0 Å². The molecule has 0 aromatic carbocycles. The summed E-state index contributed by atoms with van der Waals surface area (Å²) < 4.78 is 0.741. The van der Waals surface area contributed by atoms with Gasteiger partial charge in [0.1, 0.15) is 0 Å². The first-order valence-corrected chi connectivity index (χ1v) is 13.5. The Labute approximate surface area is 189 Å². The Balaban J connectivity index is 0. The highest BCUT2D eigenvalue weighted by atomic mass is 32.2. The van der Waals surface area contributed by atoms with Crippen LogP contribution < -0.4 is 0 Å². The minimum atomic E-state index is 0.370. The molecule has 0 aromatic heterocycles. The number of rotatable bonds is 12. The molecule has 0 spiro atoms. The monoisotopic (exact) mass is 492 g/mol. The van der Waals surface area contributed by atoms with Gasteiger partial charge >= 0.3 is 0 Å². The van der Waals surface area contributed by atoms with Gasteiger partial charge in [0.05, 0.1) is 0 Å². The van der Waals surface area contributed by atoms with Crippen LogP contribution in [0.15, 0.2) is 0 Å². The summed E-state index contributed by atoms with van der Waals surface area (Å²) in [5.41, 5.74) is 0. The molecule has 4 unspecified atom stereocenters. The van der Waals surface area contributed by atoms with E-state index in [0.29, 0.717) is 19.7 Å². The summed E-state index contributed by atoms with van der Waals surface area (Å²) in [5.74, 6) is 5.57. The first kappa shape index (κ1) is 27.7. The van der Waals surface area contributed by atoms with Crippen molar-refractivity contribution in [3.8, 4) is 0 Å². The summed E-state index contributed by atoms with van der Waals surface area (Å²) in [5, 5.41) is 0.813. The third-order valence-corrected chi connectivity index (χ3v) is 8.93. The van der Waals surface area contributed by atoms with Crippen molar-refractivity contribution in [2.24, 2.45) is 0 Å². The highest BCUT2D eigenvalue weighted by Gasteiger charge is 2.08. The van der Waals surface area contributed by atoms with Gasteiger partial charge in [-0.25, -0.2) is 0 Å². The van der Waals surface area contributed by atoms with Crippen LogP contribution in [0.1, 0.15) is 12.8 Å². The standard InChI is InChI=1S/2C6H14S5/c7-1-5(9)3-11-4-6(10)2-8;7-3-1-5(9)11-6(10)2-4-8/h2*5-10H,1-4H2. The zero-order valence-electron chi connectivity index (χ0n) is 12.4. The number of hydrogen-bond donors (Lipinski definition) is 8. The van der Waals surface area contributed by atoms with Crippen molar-refractivity contribution in [1.29, 1.82) is 0 Å². The molecule has 22 heavy (non-hydrogen) atoms. The largest absolute Gasteiger partial charge is 0.179 e. The molecule has 136 valence electrons. The van der Waals surface area contributed by atoms with Crippen LogP contribution in [0, 0.1) is 0 Å². The lowest BCUT2D eigenvalue weighted by atomic mass is 10.5. The van der Waals surface area contributed by atoms with Gasteiger partial charge in [0.15, 0.2) is 0 Å². The summed E-state index contributed by atoms with van der Waals surface area (Å²) in [6.07, 6.45) is 2.06. The lowest BCUT2D eigenvalue weighted by Crippen LogP contribution is -2.09. The van der Waals surface area contributed by atoms with Crippen molar-refractivity contribution in [1.82, 2.24) is 0 Å². The quantitative estimate of drug-likeness (QED) is 0.142. The SMILES string of the molecule is SCC(S)CSCC(S)CS.SCCC(S)SC(S)CCS. The summed E-state index contributed by atoms with van der Waals surface area (Å²) in [7, 11) is 0. The van der Waals surface area contributed by atoms with Crippen molar-refractivity contribution >= 4 is 125 Å². The van der Waals surface area contributed by atoms with E-state index in [1.165, 1.54) is 0 Å². The molecule has 0 radical (unpaired) electrons. The molecule has 0 nitrogen and oxygen atoms in total. The third kappa shape index (κ3) is 21.5. The van der Waals surface area contributed by atoms with Crippen LogP contribution in [-0.4, -0.2) is 54.2 Å². The Kier molecular flexibility index (Phi) is 26.2. The highest BCUT2D eigenvalue weighted by molar-refractivity contribution is 8.17. The van der Waals surface area contributed by atoms with Crippen LogP contribution in [0.5, 0.6) is 0 Å². The Morgan fingerprint density at radius 1 is 0.636 bits per heavy atom.